The number of hydrogen-bond acceptors (Lipinski definition) is 5. The molecule has 3 aliphatic rings. The van der Waals surface area contributed by atoms with Gasteiger partial charge in [0, 0.05) is 24.6 Å². The lowest BCUT2D eigenvalue weighted by atomic mass is 9.59. The van der Waals surface area contributed by atoms with Crippen molar-refractivity contribution in [1.82, 2.24) is 4.90 Å². The maximum atomic E-state index is 12.6. The van der Waals surface area contributed by atoms with Gasteiger partial charge in [-0.05, 0) is 19.0 Å². The highest BCUT2D eigenvalue weighted by Crippen LogP contribution is 2.56. The van der Waals surface area contributed by atoms with Gasteiger partial charge in [0.15, 0.2) is 11.4 Å². The second-order valence-electron chi connectivity index (χ2n) is 6.58. The third-order valence-electron chi connectivity index (χ3n) is 5.41. The van der Waals surface area contributed by atoms with Gasteiger partial charge in [-0.1, -0.05) is 24.3 Å². The number of fused-ring (bicyclic) bond motifs is 6. The van der Waals surface area contributed by atoms with E-state index in [-0.39, 0.29) is 12.2 Å². The van der Waals surface area contributed by atoms with E-state index in [1.54, 1.807) is 24.3 Å². The van der Waals surface area contributed by atoms with E-state index >= 15 is 0 Å². The smallest absolute Gasteiger partial charge is 0.198 e. The summed E-state index contributed by atoms with van der Waals surface area (Å²) in [6, 6.07) is 6.69. The second-order valence-corrected chi connectivity index (χ2v) is 6.58. The van der Waals surface area contributed by atoms with Crippen LogP contribution in [-0.4, -0.2) is 52.4 Å². The minimum absolute atomic E-state index is 0.00329. The lowest BCUT2D eigenvalue weighted by Crippen LogP contribution is -2.68. The minimum atomic E-state index is -1.87. The van der Waals surface area contributed by atoms with Gasteiger partial charge in [-0.25, -0.2) is 0 Å². The minimum Gasteiger partial charge on any atom is -0.381 e. The summed E-state index contributed by atoms with van der Waals surface area (Å²) in [5, 5.41) is 22.3. The van der Waals surface area contributed by atoms with Crippen LogP contribution in [-0.2, 0) is 10.4 Å². The molecule has 21 heavy (non-hydrogen) atoms. The van der Waals surface area contributed by atoms with Gasteiger partial charge in [0.05, 0.1) is 5.92 Å². The van der Waals surface area contributed by atoms with E-state index in [9.17, 15) is 19.8 Å². The Kier molecular flexibility index (Phi) is 2.37. The number of hydrogen-bond donors (Lipinski definition) is 2. The SMILES string of the molecule is CN1C[C@@H]2C[C@@]3(O)C(=O)c4ccccc4[C@@]3(O)[C@H](C1)C2=O. The molecule has 2 aliphatic carbocycles. The Morgan fingerprint density at radius 1 is 1.19 bits per heavy atom. The van der Waals surface area contributed by atoms with Crippen LogP contribution >= 0.6 is 0 Å². The first-order chi connectivity index (χ1) is 9.89. The zero-order chi connectivity index (χ0) is 15.0. The fourth-order valence-corrected chi connectivity index (χ4v) is 4.44. The molecular formula is C16H17NO4. The summed E-state index contributed by atoms with van der Waals surface area (Å²) in [4.78, 5) is 27.2. The van der Waals surface area contributed by atoms with Crippen molar-refractivity contribution >= 4 is 11.6 Å². The number of aliphatic hydroxyl groups is 2. The first kappa shape index (κ1) is 13.1. The van der Waals surface area contributed by atoms with Crippen LogP contribution in [0.1, 0.15) is 22.3 Å². The van der Waals surface area contributed by atoms with Crippen LogP contribution in [0, 0.1) is 11.8 Å². The van der Waals surface area contributed by atoms with Crippen molar-refractivity contribution in [3.8, 4) is 0 Å². The van der Waals surface area contributed by atoms with Crippen molar-refractivity contribution in [3.63, 3.8) is 0 Å². The number of rotatable bonds is 0. The average molecular weight is 287 g/mol. The first-order valence-corrected chi connectivity index (χ1v) is 7.21. The van der Waals surface area contributed by atoms with Gasteiger partial charge in [-0.2, -0.15) is 0 Å². The molecule has 0 amide bonds. The summed E-state index contributed by atoms with van der Waals surface area (Å²) in [7, 11) is 1.89. The summed E-state index contributed by atoms with van der Waals surface area (Å²) < 4.78 is 0. The molecular weight excluding hydrogens is 270 g/mol. The molecule has 2 bridgehead atoms. The highest BCUT2D eigenvalue weighted by Gasteiger charge is 2.71. The summed E-state index contributed by atoms with van der Waals surface area (Å²) in [6.45, 7) is 0.882. The number of carbonyl (C=O) groups excluding carboxylic acids is 2. The topological polar surface area (TPSA) is 77.8 Å². The Bertz CT molecular complexity index is 672. The Balaban J connectivity index is 1.98. The van der Waals surface area contributed by atoms with Gasteiger partial charge in [0.1, 0.15) is 11.4 Å². The van der Waals surface area contributed by atoms with Crippen molar-refractivity contribution in [2.24, 2.45) is 11.8 Å². The molecule has 5 nitrogen and oxygen atoms in total. The Morgan fingerprint density at radius 2 is 1.90 bits per heavy atom. The fraction of sp³-hybridized carbons (Fsp3) is 0.500. The molecule has 110 valence electrons. The highest BCUT2D eigenvalue weighted by molar-refractivity contribution is 6.10. The van der Waals surface area contributed by atoms with Gasteiger partial charge in [-0.15, -0.1) is 0 Å². The lowest BCUT2D eigenvalue weighted by molar-refractivity contribution is -0.203. The maximum absolute atomic E-state index is 12.6. The quantitative estimate of drug-likeness (QED) is 0.699. The van der Waals surface area contributed by atoms with Crippen molar-refractivity contribution in [1.29, 1.82) is 0 Å². The molecule has 4 rings (SSSR count). The van der Waals surface area contributed by atoms with E-state index in [4.69, 9.17) is 0 Å². The van der Waals surface area contributed by atoms with Crippen molar-refractivity contribution in [2.75, 3.05) is 20.1 Å². The van der Waals surface area contributed by atoms with E-state index in [0.29, 0.717) is 24.2 Å². The molecule has 0 unspecified atom stereocenters. The van der Waals surface area contributed by atoms with Crippen LogP contribution in [0.4, 0.5) is 0 Å². The molecule has 2 fully saturated rings. The molecule has 0 radical (unpaired) electrons. The number of ketones is 2. The average Bonchev–Trinajstić information content (AvgIpc) is 2.62. The highest BCUT2D eigenvalue weighted by atomic mass is 16.4. The molecule has 1 saturated heterocycles. The molecule has 1 saturated carbocycles. The number of carbonyl (C=O) groups is 2. The van der Waals surface area contributed by atoms with Crippen molar-refractivity contribution < 1.29 is 19.8 Å². The number of piperidine rings is 1. The van der Waals surface area contributed by atoms with Crippen LogP contribution < -0.4 is 0 Å². The third kappa shape index (κ3) is 1.32. The van der Waals surface area contributed by atoms with E-state index in [2.05, 4.69) is 0 Å². The van der Waals surface area contributed by atoms with Crippen LogP contribution in [0.2, 0.25) is 0 Å². The van der Waals surface area contributed by atoms with Gasteiger partial charge in [0.2, 0.25) is 0 Å². The van der Waals surface area contributed by atoms with E-state index < -0.39 is 28.8 Å². The third-order valence-corrected chi connectivity index (χ3v) is 5.41. The number of likely N-dealkylation sites (tertiary alicyclic amines) is 1. The summed E-state index contributed by atoms with van der Waals surface area (Å²) in [5.41, 5.74) is -2.94. The fourth-order valence-electron chi connectivity index (χ4n) is 4.44. The summed E-state index contributed by atoms with van der Waals surface area (Å²) in [5.74, 6) is -1.64. The number of Topliss-reactive ketones (excluding diaryl/α,β-unsaturated/α-hetero) is 2. The molecule has 0 spiro atoms. The van der Waals surface area contributed by atoms with Gasteiger partial charge in [0.25, 0.3) is 0 Å². The lowest BCUT2D eigenvalue weighted by Gasteiger charge is -2.52. The molecule has 2 N–H and O–H groups in total. The normalized spacial score (nSPS) is 41.9. The molecule has 1 aliphatic heterocycles. The number of nitrogens with zero attached hydrogens (tertiary/aromatic N) is 1. The van der Waals surface area contributed by atoms with Gasteiger partial charge < -0.3 is 15.1 Å². The van der Waals surface area contributed by atoms with E-state index in [1.807, 2.05) is 11.9 Å². The monoisotopic (exact) mass is 287 g/mol. The summed E-state index contributed by atoms with van der Waals surface area (Å²) in [6.07, 6.45) is -0.00329. The number of benzene rings is 1. The Labute approximate surface area is 122 Å². The van der Waals surface area contributed by atoms with E-state index in [1.165, 1.54) is 0 Å². The largest absolute Gasteiger partial charge is 0.381 e. The van der Waals surface area contributed by atoms with Crippen LogP contribution in [0.25, 0.3) is 0 Å². The standard InChI is InChI=1S/C16H17NO4/c1-17-7-9-6-15(20)14(19)10-4-2-3-5-11(10)16(15,21)12(8-17)13(9)18/h2-5,9,12,20-21H,6-8H2,1H3/t9-,12+,15+,16+/m0/s1. The molecule has 1 heterocycles. The Hall–Kier alpha value is -1.56. The van der Waals surface area contributed by atoms with Crippen molar-refractivity contribution in [2.45, 2.75) is 17.6 Å². The first-order valence-electron chi connectivity index (χ1n) is 7.21. The maximum Gasteiger partial charge on any atom is 0.198 e. The van der Waals surface area contributed by atoms with Crippen LogP contribution in [0.3, 0.4) is 0 Å². The Morgan fingerprint density at radius 3 is 2.67 bits per heavy atom. The zero-order valence-electron chi connectivity index (χ0n) is 11.7. The molecule has 1 aromatic rings. The summed E-state index contributed by atoms with van der Waals surface area (Å²) >= 11 is 0. The van der Waals surface area contributed by atoms with Gasteiger partial charge in [-0.3, -0.25) is 9.59 Å². The molecule has 5 heteroatoms. The predicted molar refractivity (Wildman–Crippen MR) is 73.7 cm³/mol. The predicted octanol–water partition coefficient (Wildman–Crippen LogP) is -0.0478. The van der Waals surface area contributed by atoms with Crippen molar-refractivity contribution in [3.05, 3.63) is 35.4 Å². The second kappa shape index (κ2) is 3.80. The van der Waals surface area contributed by atoms with Crippen LogP contribution in [0.5, 0.6) is 0 Å². The molecule has 1 aromatic carbocycles. The zero-order valence-corrected chi connectivity index (χ0v) is 11.7. The van der Waals surface area contributed by atoms with Gasteiger partial charge >= 0.3 is 0 Å². The van der Waals surface area contributed by atoms with E-state index in [0.717, 1.165) is 0 Å². The van der Waals surface area contributed by atoms with Crippen LogP contribution in [0.15, 0.2) is 24.3 Å². The molecule has 0 aromatic heterocycles. The molecule has 4 atom stereocenters.